The molecule has 1 aromatic rings. The largest absolute Gasteiger partial charge is 0.401 e. The molecule has 2 rings (SSSR count). The number of nitrogens with zero attached hydrogens (tertiary/aromatic N) is 2. The van der Waals surface area contributed by atoms with Gasteiger partial charge in [-0.1, -0.05) is 0 Å². The van der Waals surface area contributed by atoms with Crippen LogP contribution < -0.4 is 5.32 Å². The summed E-state index contributed by atoms with van der Waals surface area (Å²) >= 11 is 0. The van der Waals surface area contributed by atoms with Crippen molar-refractivity contribution in [1.29, 1.82) is 0 Å². The number of rotatable bonds is 4. The first-order valence-electron chi connectivity index (χ1n) is 6.03. The van der Waals surface area contributed by atoms with Gasteiger partial charge in [0.1, 0.15) is 0 Å². The molecule has 0 atom stereocenters. The van der Waals surface area contributed by atoms with Gasteiger partial charge in [0.25, 0.3) is 0 Å². The SMILES string of the molecule is FC(F)(F)CN1CCC(NCc2cnc[nH]2)CC1. The molecule has 1 aliphatic heterocycles. The topological polar surface area (TPSA) is 44.0 Å². The number of H-pyrrole nitrogens is 1. The molecule has 1 aliphatic rings. The van der Waals surface area contributed by atoms with E-state index in [-0.39, 0.29) is 6.04 Å². The summed E-state index contributed by atoms with van der Waals surface area (Å²) in [6.45, 7) is 0.893. The first-order valence-corrected chi connectivity index (χ1v) is 6.03. The molecule has 2 heterocycles. The van der Waals surface area contributed by atoms with Crippen molar-refractivity contribution < 1.29 is 13.2 Å². The molecule has 0 saturated carbocycles. The van der Waals surface area contributed by atoms with Gasteiger partial charge in [-0.15, -0.1) is 0 Å². The van der Waals surface area contributed by atoms with Crippen LogP contribution in [-0.4, -0.2) is 46.7 Å². The van der Waals surface area contributed by atoms with E-state index in [4.69, 9.17) is 0 Å². The Morgan fingerprint density at radius 1 is 1.39 bits per heavy atom. The highest BCUT2D eigenvalue weighted by Crippen LogP contribution is 2.19. The van der Waals surface area contributed by atoms with E-state index in [1.54, 1.807) is 12.5 Å². The van der Waals surface area contributed by atoms with Gasteiger partial charge >= 0.3 is 6.18 Å². The third-order valence-corrected chi connectivity index (χ3v) is 3.13. The molecule has 0 aromatic carbocycles. The van der Waals surface area contributed by atoms with Crippen molar-refractivity contribution in [1.82, 2.24) is 20.2 Å². The minimum Gasteiger partial charge on any atom is -0.347 e. The fraction of sp³-hybridized carbons (Fsp3) is 0.727. The Kier molecular flexibility index (Phi) is 4.23. The number of alkyl halides is 3. The summed E-state index contributed by atoms with van der Waals surface area (Å²) < 4.78 is 36.6. The molecule has 7 heteroatoms. The Balaban J connectivity index is 1.67. The van der Waals surface area contributed by atoms with Gasteiger partial charge in [0.2, 0.25) is 0 Å². The summed E-state index contributed by atoms with van der Waals surface area (Å²) in [4.78, 5) is 8.36. The number of likely N-dealkylation sites (tertiary alicyclic amines) is 1. The van der Waals surface area contributed by atoms with E-state index < -0.39 is 12.7 Å². The van der Waals surface area contributed by atoms with Gasteiger partial charge in [-0.25, -0.2) is 4.98 Å². The standard InChI is InChI=1S/C11H17F3N4/c12-11(13,14)7-18-3-1-9(2-4-18)16-6-10-5-15-8-17-10/h5,8-9,16H,1-4,6-7H2,(H,15,17). The number of imidazole rings is 1. The summed E-state index contributed by atoms with van der Waals surface area (Å²) in [5.41, 5.74) is 0.993. The van der Waals surface area contributed by atoms with Crippen molar-refractivity contribution in [3.63, 3.8) is 0 Å². The smallest absolute Gasteiger partial charge is 0.347 e. The van der Waals surface area contributed by atoms with Crippen LogP contribution in [0.3, 0.4) is 0 Å². The summed E-state index contributed by atoms with van der Waals surface area (Å²) in [6.07, 6.45) is 0.777. The summed E-state index contributed by atoms with van der Waals surface area (Å²) in [5.74, 6) is 0. The number of nitrogens with one attached hydrogen (secondary N) is 2. The predicted molar refractivity (Wildman–Crippen MR) is 60.9 cm³/mol. The first kappa shape index (κ1) is 13.4. The van der Waals surface area contributed by atoms with E-state index >= 15 is 0 Å². The summed E-state index contributed by atoms with van der Waals surface area (Å²) in [5, 5.41) is 3.33. The molecular weight excluding hydrogens is 245 g/mol. The molecular formula is C11H17F3N4. The molecule has 2 N–H and O–H groups in total. The molecule has 18 heavy (non-hydrogen) atoms. The zero-order valence-electron chi connectivity index (χ0n) is 10.0. The van der Waals surface area contributed by atoms with E-state index in [2.05, 4.69) is 15.3 Å². The maximum absolute atomic E-state index is 12.2. The highest BCUT2D eigenvalue weighted by molar-refractivity contribution is 4.94. The van der Waals surface area contributed by atoms with Crippen LogP contribution in [0.15, 0.2) is 12.5 Å². The molecule has 1 aromatic heterocycles. The molecule has 4 nitrogen and oxygen atoms in total. The minimum atomic E-state index is -4.09. The minimum absolute atomic E-state index is 0.290. The fourth-order valence-corrected chi connectivity index (χ4v) is 2.18. The Bertz CT molecular complexity index is 342. The number of halogens is 3. The van der Waals surface area contributed by atoms with Gasteiger partial charge < -0.3 is 10.3 Å². The lowest BCUT2D eigenvalue weighted by Crippen LogP contribution is -2.45. The molecule has 0 aliphatic carbocycles. The number of hydrogen-bond acceptors (Lipinski definition) is 3. The van der Waals surface area contributed by atoms with Crippen molar-refractivity contribution in [3.8, 4) is 0 Å². The monoisotopic (exact) mass is 262 g/mol. The van der Waals surface area contributed by atoms with E-state index in [0.717, 1.165) is 18.5 Å². The molecule has 0 spiro atoms. The van der Waals surface area contributed by atoms with Crippen LogP contribution >= 0.6 is 0 Å². The van der Waals surface area contributed by atoms with Crippen LogP contribution in [-0.2, 0) is 6.54 Å². The van der Waals surface area contributed by atoms with Gasteiger partial charge in [0, 0.05) is 24.5 Å². The van der Waals surface area contributed by atoms with E-state index in [9.17, 15) is 13.2 Å². The van der Waals surface area contributed by atoms with Crippen molar-refractivity contribution in [3.05, 3.63) is 18.2 Å². The van der Waals surface area contributed by atoms with Crippen LogP contribution in [0.25, 0.3) is 0 Å². The molecule has 102 valence electrons. The van der Waals surface area contributed by atoms with Crippen molar-refractivity contribution in [2.75, 3.05) is 19.6 Å². The molecule has 0 unspecified atom stereocenters. The number of aromatic amines is 1. The Hall–Kier alpha value is -1.08. The van der Waals surface area contributed by atoms with Crippen LogP contribution in [0.2, 0.25) is 0 Å². The summed E-state index contributed by atoms with van der Waals surface area (Å²) in [7, 11) is 0. The lowest BCUT2D eigenvalue weighted by Gasteiger charge is -2.32. The van der Waals surface area contributed by atoms with Crippen molar-refractivity contribution in [2.24, 2.45) is 0 Å². The third-order valence-electron chi connectivity index (χ3n) is 3.13. The normalized spacial score (nSPS) is 19.3. The highest BCUT2D eigenvalue weighted by Gasteiger charge is 2.32. The zero-order chi connectivity index (χ0) is 13.0. The van der Waals surface area contributed by atoms with Gasteiger partial charge in [0.05, 0.1) is 12.9 Å². The van der Waals surface area contributed by atoms with E-state index in [1.807, 2.05) is 0 Å². The van der Waals surface area contributed by atoms with Crippen LogP contribution in [0, 0.1) is 0 Å². The molecule has 1 saturated heterocycles. The van der Waals surface area contributed by atoms with Gasteiger partial charge in [-0.3, -0.25) is 4.90 Å². The van der Waals surface area contributed by atoms with Crippen LogP contribution in [0.4, 0.5) is 13.2 Å². The van der Waals surface area contributed by atoms with Crippen molar-refractivity contribution in [2.45, 2.75) is 31.6 Å². The fourth-order valence-electron chi connectivity index (χ4n) is 2.18. The van der Waals surface area contributed by atoms with E-state index in [0.29, 0.717) is 19.6 Å². The Morgan fingerprint density at radius 2 is 2.11 bits per heavy atom. The second-order valence-electron chi connectivity index (χ2n) is 4.62. The molecule has 1 fully saturated rings. The second-order valence-corrected chi connectivity index (χ2v) is 4.62. The molecule has 0 bridgehead atoms. The quantitative estimate of drug-likeness (QED) is 0.864. The predicted octanol–water partition coefficient (Wildman–Crippen LogP) is 1.53. The second kappa shape index (κ2) is 5.71. The van der Waals surface area contributed by atoms with Crippen LogP contribution in [0.1, 0.15) is 18.5 Å². The number of aromatic nitrogens is 2. The lowest BCUT2D eigenvalue weighted by atomic mass is 10.1. The van der Waals surface area contributed by atoms with E-state index in [1.165, 1.54) is 4.90 Å². The first-order chi connectivity index (χ1) is 8.53. The third kappa shape index (κ3) is 4.30. The number of hydrogen-bond donors (Lipinski definition) is 2. The molecule has 0 radical (unpaired) electrons. The molecule has 0 amide bonds. The average molecular weight is 262 g/mol. The Labute approximate surface area is 104 Å². The maximum Gasteiger partial charge on any atom is 0.401 e. The zero-order valence-corrected chi connectivity index (χ0v) is 10.0. The summed E-state index contributed by atoms with van der Waals surface area (Å²) in [6, 6.07) is 0.290. The van der Waals surface area contributed by atoms with Gasteiger partial charge in [0.15, 0.2) is 0 Å². The van der Waals surface area contributed by atoms with Crippen LogP contribution in [0.5, 0.6) is 0 Å². The Morgan fingerprint density at radius 3 is 2.67 bits per heavy atom. The maximum atomic E-state index is 12.2. The lowest BCUT2D eigenvalue weighted by molar-refractivity contribution is -0.148. The van der Waals surface area contributed by atoms with Crippen molar-refractivity contribution >= 4 is 0 Å². The highest BCUT2D eigenvalue weighted by atomic mass is 19.4. The van der Waals surface area contributed by atoms with Gasteiger partial charge in [-0.05, 0) is 25.9 Å². The number of piperidine rings is 1. The van der Waals surface area contributed by atoms with Gasteiger partial charge in [-0.2, -0.15) is 13.2 Å². The average Bonchev–Trinajstić information content (AvgIpc) is 2.79.